The highest BCUT2D eigenvalue weighted by molar-refractivity contribution is 9.09. The zero-order valence-corrected chi connectivity index (χ0v) is 12.1. The zero-order valence-electron chi connectivity index (χ0n) is 9.73. The molecular formula is C11H20BrNO2S. The normalized spacial score (nSPS) is 34.4. The van der Waals surface area contributed by atoms with Gasteiger partial charge >= 0.3 is 0 Å². The number of rotatable bonds is 2. The lowest BCUT2D eigenvalue weighted by Gasteiger charge is -2.35. The van der Waals surface area contributed by atoms with E-state index in [1.54, 1.807) is 4.31 Å². The molecule has 2 atom stereocenters. The van der Waals surface area contributed by atoms with E-state index in [9.17, 15) is 8.42 Å². The van der Waals surface area contributed by atoms with Gasteiger partial charge in [-0.05, 0) is 25.2 Å². The Morgan fingerprint density at radius 1 is 1.19 bits per heavy atom. The van der Waals surface area contributed by atoms with Crippen LogP contribution in [0.1, 0.15) is 39.0 Å². The van der Waals surface area contributed by atoms with Gasteiger partial charge in [0.15, 0.2) is 0 Å². The number of hydrogen-bond donors (Lipinski definition) is 0. The lowest BCUT2D eigenvalue weighted by molar-refractivity contribution is 0.289. The molecule has 0 bridgehead atoms. The highest BCUT2D eigenvalue weighted by Crippen LogP contribution is 2.31. The lowest BCUT2D eigenvalue weighted by Crippen LogP contribution is -2.46. The third-order valence-corrected chi connectivity index (χ3v) is 7.57. The van der Waals surface area contributed by atoms with Crippen molar-refractivity contribution >= 4 is 26.0 Å². The molecule has 94 valence electrons. The fraction of sp³-hybridized carbons (Fsp3) is 1.00. The topological polar surface area (TPSA) is 37.4 Å². The van der Waals surface area contributed by atoms with Gasteiger partial charge in [0.2, 0.25) is 10.0 Å². The quantitative estimate of drug-likeness (QED) is 0.734. The average molecular weight is 310 g/mol. The Balaban J connectivity index is 2.06. The van der Waals surface area contributed by atoms with E-state index in [1.807, 2.05) is 0 Å². The second-order valence-electron chi connectivity index (χ2n) is 5.09. The fourth-order valence-electron chi connectivity index (χ4n) is 2.71. The fourth-order valence-corrected chi connectivity index (χ4v) is 5.23. The standard InChI is InChI=1S/C11H20BrNO2S/c1-9-8-13(7-6-11(9)12)16(14,15)10-4-2-3-5-10/h9-11H,2-8H2,1H3. The molecule has 0 spiro atoms. The molecule has 1 aliphatic carbocycles. The van der Waals surface area contributed by atoms with E-state index in [2.05, 4.69) is 22.9 Å². The predicted molar refractivity (Wildman–Crippen MR) is 69.2 cm³/mol. The Bertz CT molecular complexity index is 338. The molecule has 5 heteroatoms. The van der Waals surface area contributed by atoms with E-state index < -0.39 is 10.0 Å². The van der Waals surface area contributed by atoms with Crippen LogP contribution in [0, 0.1) is 5.92 Å². The molecule has 0 radical (unpaired) electrons. The van der Waals surface area contributed by atoms with Gasteiger partial charge < -0.3 is 0 Å². The zero-order chi connectivity index (χ0) is 11.8. The highest BCUT2D eigenvalue weighted by atomic mass is 79.9. The summed E-state index contributed by atoms with van der Waals surface area (Å²) in [6.07, 6.45) is 4.83. The minimum atomic E-state index is -3.01. The van der Waals surface area contributed by atoms with Gasteiger partial charge in [0.1, 0.15) is 0 Å². The molecule has 1 saturated carbocycles. The van der Waals surface area contributed by atoms with Crippen molar-refractivity contribution in [3.8, 4) is 0 Å². The van der Waals surface area contributed by atoms with Gasteiger partial charge in [0.05, 0.1) is 5.25 Å². The molecule has 1 aliphatic heterocycles. The van der Waals surface area contributed by atoms with Gasteiger partial charge in [-0.15, -0.1) is 0 Å². The van der Waals surface area contributed by atoms with Gasteiger partial charge in [-0.25, -0.2) is 12.7 Å². The van der Waals surface area contributed by atoms with Crippen LogP contribution in [-0.4, -0.2) is 35.9 Å². The number of halogens is 1. The third-order valence-electron chi connectivity index (χ3n) is 3.85. The van der Waals surface area contributed by atoms with Crippen molar-refractivity contribution in [3.63, 3.8) is 0 Å². The van der Waals surface area contributed by atoms with E-state index >= 15 is 0 Å². The largest absolute Gasteiger partial charge is 0.216 e. The molecule has 2 rings (SSSR count). The predicted octanol–water partition coefficient (Wildman–Crippen LogP) is 2.36. The van der Waals surface area contributed by atoms with Crippen molar-refractivity contribution in [3.05, 3.63) is 0 Å². The van der Waals surface area contributed by atoms with Crippen LogP contribution < -0.4 is 0 Å². The van der Waals surface area contributed by atoms with Crippen LogP contribution >= 0.6 is 15.9 Å². The van der Waals surface area contributed by atoms with Crippen molar-refractivity contribution in [2.24, 2.45) is 5.92 Å². The van der Waals surface area contributed by atoms with Crippen molar-refractivity contribution in [2.75, 3.05) is 13.1 Å². The summed E-state index contributed by atoms with van der Waals surface area (Å²) in [6.45, 7) is 3.50. The maximum absolute atomic E-state index is 12.4. The molecule has 16 heavy (non-hydrogen) atoms. The van der Waals surface area contributed by atoms with Crippen molar-refractivity contribution in [2.45, 2.75) is 49.1 Å². The molecule has 2 unspecified atom stereocenters. The molecule has 0 aromatic rings. The van der Waals surface area contributed by atoms with E-state index in [0.29, 0.717) is 23.8 Å². The van der Waals surface area contributed by atoms with Crippen LogP contribution in [-0.2, 0) is 10.0 Å². The van der Waals surface area contributed by atoms with Gasteiger partial charge in [0.25, 0.3) is 0 Å². The van der Waals surface area contributed by atoms with Crippen LogP contribution in [0.15, 0.2) is 0 Å². The minimum absolute atomic E-state index is 0.0911. The Kier molecular flexibility index (Phi) is 3.97. The second kappa shape index (κ2) is 4.94. The molecular weight excluding hydrogens is 290 g/mol. The molecule has 3 nitrogen and oxygen atoms in total. The van der Waals surface area contributed by atoms with Crippen LogP contribution in [0.4, 0.5) is 0 Å². The first-order chi connectivity index (χ1) is 7.51. The number of hydrogen-bond acceptors (Lipinski definition) is 2. The first kappa shape index (κ1) is 12.8. The van der Waals surface area contributed by atoms with E-state index in [0.717, 1.165) is 32.1 Å². The smallest absolute Gasteiger partial charge is 0.212 e. The minimum Gasteiger partial charge on any atom is -0.212 e. The third kappa shape index (κ3) is 2.46. The SMILES string of the molecule is CC1CN(S(=O)(=O)C2CCCC2)CCC1Br. The maximum Gasteiger partial charge on any atom is 0.216 e. The summed E-state index contributed by atoms with van der Waals surface area (Å²) in [5, 5.41) is -0.0911. The first-order valence-corrected chi connectivity index (χ1v) is 8.56. The van der Waals surface area contributed by atoms with E-state index in [4.69, 9.17) is 0 Å². The molecule has 0 aromatic carbocycles. The van der Waals surface area contributed by atoms with E-state index in [1.165, 1.54) is 0 Å². The summed E-state index contributed by atoms with van der Waals surface area (Å²) in [5.74, 6) is 0.421. The number of piperidine rings is 1. The molecule has 2 fully saturated rings. The van der Waals surface area contributed by atoms with Crippen molar-refractivity contribution < 1.29 is 8.42 Å². The summed E-state index contributed by atoms with van der Waals surface area (Å²) in [4.78, 5) is 0.475. The summed E-state index contributed by atoms with van der Waals surface area (Å²) in [6, 6.07) is 0. The molecule has 1 heterocycles. The van der Waals surface area contributed by atoms with E-state index in [-0.39, 0.29) is 5.25 Å². The summed E-state index contributed by atoms with van der Waals surface area (Å²) < 4.78 is 26.4. The second-order valence-corrected chi connectivity index (χ2v) is 8.48. The number of sulfonamides is 1. The average Bonchev–Trinajstić information content (AvgIpc) is 2.75. The lowest BCUT2D eigenvalue weighted by atomic mass is 10.0. The Labute approximate surface area is 107 Å². The van der Waals surface area contributed by atoms with Crippen LogP contribution in [0.3, 0.4) is 0 Å². The monoisotopic (exact) mass is 309 g/mol. The number of alkyl halides is 1. The summed E-state index contributed by atoms with van der Waals surface area (Å²) in [7, 11) is -3.01. The van der Waals surface area contributed by atoms with Crippen LogP contribution in [0.25, 0.3) is 0 Å². The van der Waals surface area contributed by atoms with Gasteiger partial charge in [-0.1, -0.05) is 35.7 Å². The van der Waals surface area contributed by atoms with Gasteiger partial charge in [-0.3, -0.25) is 0 Å². The Hall–Kier alpha value is 0.390. The Morgan fingerprint density at radius 2 is 1.81 bits per heavy atom. The van der Waals surface area contributed by atoms with Gasteiger partial charge in [-0.2, -0.15) is 0 Å². The molecule has 1 saturated heterocycles. The Morgan fingerprint density at radius 3 is 2.38 bits per heavy atom. The van der Waals surface area contributed by atoms with Crippen LogP contribution in [0.2, 0.25) is 0 Å². The molecule has 0 aromatic heterocycles. The molecule has 2 aliphatic rings. The van der Waals surface area contributed by atoms with Crippen molar-refractivity contribution in [1.82, 2.24) is 4.31 Å². The van der Waals surface area contributed by atoms with Gasteiger partial charge in [0, 0.05) is 17.9 Å². The van der Waals surface area contributed by atoms with Crippen molar-refractivity contribution in [1.29, 1.82) is 0 Å². The summed E-state index contributed by atoms with van der Waals surface area (Å²) in [5.41, 5.74) is 0. The maximum atomic E-state index is 12.4. The molecule has 0 amide bonds. The molecule has 0 N–H and O–H groups in total. The highest BCUT2D eigenvalue weighted by Gasteiger charge is 2.37. The first-order valence-electron chi connectivity index (χ1n) is 6.15. The summed E-state index contributed by atoms with van der Waals surface area (Å²) >= 11 is 3.61. The number of nitrogens with zero attached hydrogens (tertiary/aromatic N) is 1. The van der Waals surface area contributed by atoms with Crippen LogP contribution in [0.5, 0.6) is 0 Å².